The molecule has 2 aliphatic rings. The zero-order chi connectivity index (χ0) is 21.1. The maximum Gasteiger partial charge on any atom is 0.246 e. The average molecular weight is 433 g/mol. The van der Waals surface area contributed by atoms with Crippen LogP contribution in [0.15, 0.2) is 30.3 Å². The van der Waals surface area contributed by atoms with Crippen LogP contribution in [0.1, 0.15) is 24.1 Å². The Kier molecular flexibility index (Phi) is 6.51. The number of piperazine rings is 1. The molecule has 1 atom stereocenters. The number of amides is 1. The first-order valence-corrected chi connectivity index (χ1v) is 10.7. The minimum atomic E-state index is -0.319. The van der Waals surface area contributed by atoms with Crippen LogP contribution >= 0.6 is 11.6 Å². The van der Waals surface area contributed by atoms with Crippen molar-refractivity contribution in [1.29, 1.82) is 0 Å². The summed E-state index contributed by atoms with van der Waals surface area (Å²) in [6, 6.07) is 5.95. The summed E-state index contributed by atoms with van der Waals surface area (Å²) in [5.74, 6) is -0.350. The molecule has 2 aromatic rings. The number of carbonyl (C=O) groups excluding carboxylic acids is 1. The number of ether oxygens (including phenoxy) is 1. The van der Waals surface area contributed by atoms with Crippen molar-refractivity contribution < 1.29 is 13.9 Å². The number of nitrogens with zero attached hydrogens (tertiary/aromatic N) is 4. The number of rotatable bonds is 5. The first-order chi connectivity index (χ1) is 14.5. The molecule has 2 aliphatic heterocycles. The van der Waals surface area contributed by atoms with Gasteiger partial charge < -0.3 is 9.64 Å². The molecule has 1 aromatic carbocycles. The molecule has 4 rings (SSSR count). The third-order valence-electron chi connectivity index (χ3n) is 5.68. The molecule has 160 valence electrons. The van der Waals surface area contributed by atoms with E-state index in [-0.39, 0.29) is 11.7 Å². The third kappa shape index (κ3) is 4.74. The third-order valence-corrected chi connectivity index (χ3v) is 6.05. The average Bonchev–Trinajstić information content (AvgIpc) is 3.35. The highest BCUT2D eigenvalue weighted by molar-refractivity contribution is 6.31. The minimum absolute atomic E-state index is 0.0308. The van der Waals surface area contributed by atoms with Gasteiger partial charge in [0.25, 0.3) is 0 Å². The van der Waals surface area contributed by atoms with E-state index in [1.807, 2.05) is 11.8 Å². The van der Waals surface area contributed by atoms with Crippen LogP contribution in [0.5, 0.6) is 0 Å². The molecule has 1 aromatic heterocycles. The van der Waals surface area contributed by atoms with Gasteiger partial charge in [-0.1, -0.05) is 11.6 Å². The summed E-state index contributed by atoms with van der Waals surface area (Å²) in [6.45, 7) is 6.79. The van der Waals surface area contributed by atoms with E-state index in [9.17, 15) is 9.18 Å². The number of hydrogen-bond acceptors (Lipinski definition) is 4. The van der Waals surface area contributed by atoms with Crippen LogP contribution < -0.4 is 0 Å². The van der Waals surface area contributed by atoms with Gasteiger partial charge in [0, 0.05) is 51.0 Å². The van der Waals surface area contributed by atoms with Gasteiger partial charge in [0.2, 0.25) is 5.91 Å². The van der Waals surface area contributed by atoms with Crippen LogP contribution in [0.3, 0.4) is 0 Å². The predicted octanol–water partition coefficient (Wildman–Crippen LogP) is 3.31. The van der Waals surface area contributed by atoms with E-state index in [1.165, 1.54) is 12.1 Å². The summed E-state index contributed by atoms with van der Waals surface area (Å²) in [7, 11) is 0. The SMILES string of the molecule is Cc1nn(-c2ccc(F)cc2)c(Cl)c1/C=C/C(=O)N1CCN(CC2CCCO2)CC1. The zero-order valence-corrected chi connectivity index (χ0v) is 17.8. The van der Waals surface area contributed by atoms with Crippen LogP contribution in [0, 0.1) is 12.7 Å². The Hall–Kier alpha value is -2.22. The molecule has 0 N–H and O–H groups in total. The molecule has 6 nitrogen and oxygen atoms in total. The van der Waals surface area contributed by atoms with Gasteiger partial charge in [0.05, 0.1) is 17.5 Å². The maximum absolute atomic E-state index is 13.2. The van der Waals surface area contributed by atoms with Gasteiger partial charge in [0.15, 0.2) is 0 Å². The molecular weight excluding hydrogens is 407 g/mol. The Bertz CT molecular complexity index is 914. The molecule has 0 spiro atoms. The maximum atomic E-state index is 13.2. The molecule has 0 radical (unpaired) electrons. The first-order valence-electron chi connectivity index (χ1n) is 10.3. The monoisotopic (exact) mass is 432 g/mol. The van der Waals surface area contributed by atoms with Crippen molar-refractivity contribution in [2.24, 2.45) is 0 Å². The number of hydrogen-bond donors (Lipinski definition) is 0. The van der Waals surface area contributed by atoms with Crippen molar-refractivity contribution >= 4 is 23.6 Å². The summed E-state index contributed by atoms with van der Waals surface area (Å²) in [6.07, 6.45) is 5.89. The number of aromatic nitrogens is 2. The number of aryl methyl sites for hydroxylation is 1. The van der Waals surface area contributed by atoms with E-state index < -0.39 is 0 Å². The zero-order valence-electron chi connectivity index (χ0n) is 17.1. The second-order valence-corrected chi connectivity index (χ2v) is 8.13. The van der Waals surface area contributed by atoms with Crippen LogP contribution in [0.25, 0.3) is 11.8 Å². The summed E-state index contributed by atoms with van der Waals surface area (Å²) < 4.78 is 20.4. The van der Waals surface area contributed by atoms with Gasteiger partial charge in [-0.25, -0.2) is 9.07 Å². The van der Waals surface area contributed by atoms with Crippen molar-refractivity contribution in [3.63, 3.8) is 0 Å². The second kappa shape index (κ2) is 9.29. The van der Waals surface area contributed by atoms with Crippen LogP contribution in [0.4, 0.5) is 4.39 Å². The fourth-order valence-electron chi connectivity index (χ4n) is 3.94. The standard InChI is InChI=1S/C22H26ClFN4O2/c1-16-20(22(23)28(25-16)18-6-4-17(24)5-7-18)8-9-21(29)27-12-10-26(11-13-27)15-19-3-2-14-30-19/h4-9,19H,2-3,10-15H2,1H3/b9-8+. The topological polar surface area (TPSA) is 50.6 Å². The first kappa shape index (κ1) is 21.0. The van der Waals surface area contributed by atoms with E-state index in [1.54, 1.807) is 29.0 Å². The van der Waals surface area contributed by atoms with E-state index in [4.69, 9.17) is 16.3 Å². The Balaban J connectivity index is 1.37. The van der Waals surface area contributed by atoms with Gasteiger partial charge in [-0.2, -0.15) is 5.10 Å². The second-order valence-electron chi connectivity index (χ2n) is 7.77. The highest BCUT2D eigenvalue weighted by atomic mass is 35.5. The van der Waals surface area contributed by atoms with E-state index in [0.29, 0.717) is 41.3 Å². The summed E-state index contributed by atoms with van der Waals surface area (Å²) in [5, 5.41) is 4.82. The highest BCUT2D eigenvalue weighted by Gasteiger charge is 2.24. The lowest BCUT2D eigenvalue weighted by atomic mass is 10.2. The molecule has 3 heterocycles. The fourth-order valence-corrected chi connectivity index (χ4v) is 4.28. The van der Waals surface area contributed by atoms with E-state index in [2.05, 4.69) is 10.00 Å². The van der Waals surface area contributed by atoms with Crippen molar-refractivity contribution in [2.45, 2.75) is 25.9 Å². The van der Waals surface area contributed by atoms with Gasteiger partial charge >= 0.3 is 0 Å². The Morgan fingerprint density at radius 3 is 2.67 bits per heavy atom. The molecule has 2 saturated heterocycles. The molecule has 8 heteroatoms. The van der Waals surface area contributed by atoms with E-state index in [0.717, 1.165) is 39.1 Å². The van der Waals surface area contributed by atoms with Crippen molar-refractivity contribution in [3.05, 3.63) is 52.6 Å². The summed E-state index contributed by atoms with van der Waals surface area (Å²) in [4.78, 5) is 16.9. The molecule has 2 fully saturated rings. The summed E-state index contributed by atoms with van der Waals surface area (Å²) >= 11 is 6.49. The highest BCUT2D eigenvalue weighted by Crippen LogP contribution is 2.25. The molecule has 0 saturated carbocycles. The lowest BCUT2D eigenvalue weighted by Gasteiger charge is -2.35. The lowest BCUT2D eigenvalue weighted by molar-refractivity contribution is -0.127. The minimum Gasteiger partial charge on any atom is -0.377 e. The van der Waals surface area contributed by atoms with Crippen LogP contribution in [0.2, 0.25) is 5.15 Å². The molecule has 0 bridgehead atoms. The predicted molar refractivity (Wildman–Crippen MR) is 114 cm³/mol. The Morgan fingerprint density at radius 1 is 1.27 bits per heavy atom. The van der Waals surface area contributed by atoms with Gasteiger partial charge in [-0.05, 0) is 50.1 Å². The molecule has 1 amide bonds. The molecular formula is C22H26ClFN4O2. The molecule has 1 unspecified atom stereocenters. The number of halogens is 2. The van der Waals surface area contributed by atoms with Gasteiger partial charge in [-0.3, -0.25) is 9.69 Å². The Morgan fingerprint density at radius 2 is 2.00 bits per heavy atom. The normalized spacial score (nSPS) is 20.4. The number of carbonyl (C=O) groups is 1. The largest absolute Gasteiger partial charge is 0.377 e. The Labute approximate surface area is 180 Å². The fraction of sp³-hybridized carbons (Fsp3) is 0.455. The van der Waals surface area contributed by atoms with Crippen molar-refractivity contribution in [3.8, 4) is 5.69 Å². The number of benzene rings is 1. The van der Waals surface area contributed by atoms with Gasteiger partial charge in [0.1, 0.15) is 11.0 Å². The quantitative estimate of drug-likeness (QED) is 0.680. The van der Waals surface area contributed by atoms with Crippen LogP contribution in [-0.4, -0.2) is 70.9 Å². The molecule has 0 aliphatic carbocycles. The van der Waals surface area contributed by atoms with Crippen molar-refractivity contribution in [1.82, 2.24) is 19.6 Å². The lowest BCUT2D eigenvalue weighted by Crippen LogP contribution is -2.50. The van der Waals surface area contributed by atoms with Gasteiger partial charge in [-0.15, -0.1) is 0 Å². The van der Waals surface area contributed by atoms with Crippen LogP contribution in [-0.2, 0) is 9.53 Å². The summed E-state index contributed by atoms with van der Waals surface area (Å²) in [5.41, 5.74) is 2.05. The van der Waals surface area contributed by atoms with E-state index >= 15 is 0 Å². The van der Waals surface area contributed by atoms with Crippen molar-refractivity contribution in [2.75, 3.05) is 39.3 Å². The molecule has 30 heavy (non-hydrogen) atoms. The smallest absolute Gasteiger partial charge is 0.246 e.